The maximum absolute atomic E-state index is 12.0. The first-order valence-corrected chi connectivity index (χ1v) is 6.25. The second-order valence-corrected chi connectivity index (χ2v) is 4.76. The van der Waals surface area contributed by atoms with Gasteiger partial charge in [-0.15, -0.1) is 13.2 Å². The third kappa shape index (κ3) is 3.86. The van der Waals surface area contributed by atoms with E-state index in [4.69, 9.17) is 0 Å². The van der Waals surface area contributed by atoms with Gasteiger partial charge in [-0.05, 0) is 43.1 Å². The Morgan fingerprint density at radius 1 is 1.35 bits per heavy atom. The van der Waals surface area contributed by atoms with Gasteiger partial charge < -0.3 is 15.4 Å². The van der Waals surface area contributed by atoms with Gasteiger partial charge in [0.1, 0.15) is 5.75 Å². The van der Waals surface area contributed by atoms with Crippen molar-refractivity contribution in [3.63, 3.8) is 0 Å². The molecule has 0 spiro atoms. The second-order valence-electron chi connectivity index (χ2n) is 4.76. The van der Waals surface area contributed by atoms with Crippen LogP contribution in [0.2, 0.25) is 0 Å². The average molecular weight is 288 g/mol. The highest BCUT2D eigenvalue weighted by molar-refractivity contribution is 5.95. The molecule has 1 aliphatic rings. The lowest BCUT2D eigenvalue weighted by molar-refractivity contribution is -0.274. The fraction of sp³-hybridized carbons (Fsp3) is 0.462. The van der Waals surface area contributed by atoms with Crippen molar-refractivity contribution < 1.29 is 22.7 Å². The molecule has 110 valence electrons. The Balaban J connectivity index is 1.95. The molecule has 20 heavy (non-hydrogen) atoms. The summed E-state index contributed by atoms with van der Waals surface area (Å²) in [6, 6.07) is 4.81. The third-order valence-corrected chi connectivity index (χ3v) is 3.17. The molecule has 0 aromatic heterocycles. The molecule has 1 aromatic rings. The molecule has 1 fully saturated rings. The summed E-state index contributed by atoms with van der Waals surface area (Å²) in [6.07, 6.45) is -3.79. The van der Waals surface area contributed by atoms with E-state index >= 15 is 0 Å². The number of halogens is 3. The lowest BCUT2D eigenvalue weighted by atomic mass is 10.0. The first kappa shape index (κ1) is 14.6. The van der Waals surface area contributed by atoms with Crippen LogP contribution in [0, 0.1) is 5.92 Å². The molecule has 0 aliphatic carbocycles. The fourth-order valence-corrected chi connectivity index (χ4v) is 2.15. The second kappa shape index (κ2) is 5.70. The number of benzene rings is 1. The number of nitrogens with one attached hydrogen (secondary N) is 2. The summed E-state index contributed by atoms with van der Waals surface area (Å²) in [5.41, 5.74) is 0.436. The van der Waals surface area contributed by atoms with E-state index in [1.807, 2.05) is 6.92 Å². The Morgan fingerprint density at radius 3 is 2.50 bits per heavy atom. The van der Waals surface area contributed by atoms with Crippen molar-refractivity contribution in [2.24, 2.45) is 5.92 Å². The predicted octanol–water partition coefficient (Wildman–Crippen LogP) is 2.52. The van der Waals surface area contributed by atoms with Crippen LogP contribution in [-0.4, -0.2) is 24.9 Å². The Kier molecular flexibility index (Phi) is 4.17. The third-order valence-electron chi connectivity index (χ3n) is 3.17. The minimum atomic E-state index is -4.71. The molecule has 2 atom stereocenters. The molecule has 2 unspecified atom stereocenters. The minimum absolute atomic E-state index is 0.181. The standard InChI is InChI=1S/C13H15F3N2O2/c1-8-6-7-17-11(8)12(19)18-9-2-4-10(5-3-9)20-13(14,15)16/h2-5,8,11,17H,6-7H2,1H3,(H,18,19). The SMILES string of the molecule is CC1CCNC1C(=O)Nc1ccc(OC(F)(F)F)cc1. The number of rotatable bonds is 3. The highest BCUT2D eigenvalue weighted by Crippen LogP contribution is 2.24. The molecule has 2 rings (SSSR count). The van der Waals surface area contributed by atoms with Crippen molar-refractivity contribution in [3.05, 3.63) is 24.3 Å². The topological polar surface area (TPSA) is 50.4 Å². The number of amides is 1. The predicted molar refractivity (Wildman–Crippen MR) is 67.3 cm³/mol. The van der Waals surface area contributed by atoms with E-state index in [0.717, 1.165) is 25.1 Å². The lowest BCUT2D eigenvalue weighted by Crippen LogP contribution is -2.39. The van der Waals surface area contributed by atoms with Gasteiger partial charge in [0.2, 0.25) is 5.91 Å². The summed E-state index contributed by atoms with van der Waals surface area (Å²) in [7, 11) is 0. The molecule has 0 radical (unpaired) electrons. The molecular weight excluding hydrogens is 273 g/mol. The van der Waals surface area contributed by atoms with Crippen molar-refractivity contribution in [3.8, 4) is 5.75 Å². The molecule has 1 saturated heterocycles. The van der Waals surface area contributed by atoms with Crippen molar-refractivity contribution in [1.29, 1.82) is 0 Å². The van der Waals surface area contributed by atoms with E-state index in [0.29, 0.717) is 5.69 Å². The van der Waals surface area contributed by atoms with Crippen LogP contribution in [0.3, 0.4) is 0 Å². The fourth-order valence-electron chi connectivity index (χ4n) is 2.15. The maximum Gasteiger partial charge on any atom is 0.573 e. The molecule has 0 saturated carbocycles. The van der Waals surface area contributed by atoms with Crippen LogP contribution in [-0.2, 0) is 4.79 Å². The zero-order valence-corrected chi connectivity index (χ0v) is 10.8. The minimum Gasteiger partial charge on any atom is -0.406 e. The molecule has 1 aliphatic heterocycles. The molecular formula is C13H15F3N2O2. The van der Waals surface area contributed by atoms with Crippen LogP contribution in [0.15, 0.2) is 24.3 Å². The molecule has 1 amide bonds. The Morgan fingerprint density at radius 2 is 2.00 bits per heavy atom. The smallest absolute Gasteiger partial charge is 0.406 e. The van der Waals surface area contributed by atoms with Gasteiger partial charge in [-0.1, -0.05) is 6.92 Å². The van der Waals surface area contributed by atoms with Crippen LogP contribution in [0.1, 0.15) is 13.3 Å². The molecule has 0 bridgehead atoms. The zero-order chi connectivity index (χ0) is 14.8. The van der Waals surface area contributed by atoms with Crippen LogP contribution in [0.4, 0.5) is 18.9 Å². The Labute approximate surface area is 114 Å². The number of carbonyl (C=O) groups excluding carboxylic acids is 1. The van der Waals surface area contributed by atoms with Gasteiger partial charge in [-0.2, -0.15) is 0 Å². The van der Waals surface area contributed by atoms with Crippen molar-refractivity contribution in [1.82, 2.24) is 5.32 Å². The number of hydrogen-bond acceptors (Lipinski definition) is 3. The molecule has 2 N–H and O–H groups in total. The summed E-state index contributed by atoms with van der Waals surface area (Å²) in [5.74, 6) is -0.259. The van der Waals surface area contributed by atoms with Gasteiger partial charge in [-0.25, -0.2) is 0 Å². The first-order chi connectivity index (χ1) is 9.35. The van der Waals surface area contributed by atoms with Gasteiger partial charge in [0.15, 0.2) is 0 Å². The van der Waals surface area contributed by atoms with Crippen LogP contribution in [0.5, 0.6) is 5.75 Å². The van der Waals surface area contributed by atoms with Crippen LogP contribution < -0.4 is 15.4 Å². The van der Waals surface area contributed by atoms with Gasteiger partial charge in [0.05, 0.1) is 6.04 Å². The van der Waals surface area contributed by atoms with E-state index in [1.54, 1.807) is 0 Å². The monoisotopic (exact) mass is 288 g/mol. The van der Waals surface area contributed by atoms with Crippen LogP contribution >= 0.6 is 0 Å². The highest BCUT2D eigenvalue weighted by Gasteiger charge is 2.31. The summed E-state index contributed by atoms with van der Waals surface area (Å²) >= 11 is 0. The highest BCUT2D eigenvalue weighted by atomic mass is 19.4. The number of hydrogen-bond donors (Lipinski definition) is 2. The maximum atomic E-state index is 12.0. The Hall–Kier alpha value is -1.76. The molecule has 7 heteroatoms. The first-order valence-electron chi connectivity index (χ1n) is 6.25. The van der Waals surface area contributed by atoms with E-state index in [1.165, 1.54) is 12.1 Å². The van der Waals surface area contributed by atoms with Crippen LogP contribution in [0.25, 0.3) is 0 Å². The van der Waals surface area contributed by atoms with Crippen molar-refractivity contribution in [2.75, 3.05) is 11.9 Å². The summed E-state index contributed by atoms with van der Waals surface area (Å²) in [4.78, 5) is 12.0. The van der Waals surface area contributed by atoms with E-state index in [-0.39, 0.29) is 23.6 Å². The Bertz CT molecular complexity index is 473. The van der Waals surface area contributed by atoms with Gasteiger partial charge in [0, 0.05) is 5.69 Å². The normalized spacial score (nSPS) is 22.6. The molecule has 1 aromatic carbocycles. The quantitative estimate of drug-likeness (QED) is 0.898. The molecule has 4 nitrogen and oxygen atoms in total. The van der Waals surface area contributed by atoms with E-state index < -0.39 is 6.36 Å². The number of alkyl halides is 3. The van der Waals surface area contributed by atoms with E-state index in [9.17, 15) is 18.0 Å². The van der Waals surface area contributed by atoms with Gasteiger partial charge in [-0.3, -0.25) is 4.79 Å². The number of carbonyl (C=O) groups is 1. The zero-order valence-electron chi connectivity index (χ0n) is 10.8. The van der Waals surface area contributed by atoms with Crippen molar-refractivity contribution >= 4 is 11.6 Å². The summed E-state index contributed by atoms with van der Waals surface area (Å²) in [5, 5.41) is 5.75. The lowest BCUT2D eigenvalue weighted by Gasteiger charge is -2.15. The number of ether oxygens (including phenoxy) is 1. The van der Waals surface area contributed by atoms with Crippen molar-refractivity contribution in [2.45, 2.75) is 25.7 Å². The largest absolute Gasteiger partial charge is 0.573 e. The van der Waals surface area contributed by atoms with E-state index in [2.05, 4.69) is 15.4 Å². The summed E-state index contributed by atoms with van der Waals surface area (Å²) < 4.78 is 39.8. The number of anilines is 1. The average Bonchev–Trinajstić information content (AvgIpc) is 2.76. The summed E-state index contributed by atoms with van der Waals surface area (Å²) in [6.45, 7) is 2.77. The van der Waals surface area contributed by atoms with Gasteiger partial charge in [0.25, 0.3) is 0 Å². The van der Waals surface area contributed by atoms with Gasteiger partial charge >= 0.3 is 6.36 Å². The molecule has 1 heterocycles.